The van der Waals surface area contributed by atoms with E-state index in [2.05, 4.69) is 6.58 Å². The fourth-order valence-electron chi connectivity index (χ4n) is 2.11. The molecule has 0 aliphatic rings. The third-order valence-electron chi connectivity index (χ3n) is 3.44. The highest BCUT2D eigenvalue weighted by atomic mass is 35.5. The van der Waals surface area contributed by atoms with Gasteiger partial charge in [0.15, 0.2) is 13.6 Å². The van der Waals surface area contributed by atoms with Crippen LogP contribution >= 0.6 is 11.6 Å². The van der Waals surface area contributed by atoms with E-state index in [1.807, 2.05) is 13.8 Å². The number of rotatable bonds is 12. The van der Waals surface area contributed by atoms with Gasteiger partial charge in [0.05, 0.1) is 5.02 Å². The summed E-state index contributed by atoms with van der Waals surface area (Å²) in [6.07, 6.45) is 1.92. The summed E-state index contributed by atoms with van der Waals surface area (Å²) in [5, 5.41) is 0.303. The minimum Gasteiger partial charge on any atom is -0.466 e. The van der Waals surface area contributed by atoms with Crippen LogP contribution in [0.3, 0.4) is 0 Å². The number of esters is 1. The topological polar surface area (TPSA) is 63.2 Å². The first-order valence-corrected chi connectivity index (χ1v) is 8.89. The van der Waals surface area contributed by atoms with E-state index in [1.54, 1.807) is 26.0 Å². The lowest BCUT2D eigenvalue weighted by molar-refractivity contribution is 0.0161. The minimum absolute atomic E-state index is 0.00896. The van der Waals surface area contributed by atoms with Gasteiger partial charge in [0, 0.05) is 25.7 Å². The average Bonchev–Trinajstić information content (AvgIpc) is 2.59. The largest absolute Gasteiger partial charge is 0.466 e. The van der Waals surface area contributed by atoms with Crippen molar-refractivity contribution in [3.05, 3.63) is 34.9 Å². The predicted molar refractivity (Wildman–Crippen MR) is 100 cm³/mol. The Morgan fingerprint density at radius 1 is 1.19 bits per heavy atom. The molecule has 0 saturated heterocycles. The summed E-state index contributed by atoms with van der Waals surface area (Å²) in [5.74, 6) is 0.115. The first-order valence-electron chi connectivity index (χ1n) is 8.52. The highest BCUT2D eigenvalue weighted by Gasteiger charge is 2.24. The van der Waals surface area contributed by atoms with E-state index in [0.29, 0.717) is 36.0 Å². The number of hydrogen-bond acceptors (Lipinski definition) is 6. The molecule has 0 spiro atoms. The molecule has 0 heterocycles. The van der Waals surface area contributed by atoms with Crippen LogP contribution in [0, 0.1) is 6.92 Å². The Labute approximate surface area is 160 Å². The zero-order valence-corrected chi connectivity index (χ0v) is 16.6. The summed E-state index contributed by atoms with van der Waals surface area (Å²) in [6.45, 7) is 11.9. The molecule has 7 heteroatoms. The summed E-state index contributed by atoms with van der Waals surface area (Å²) in [6, 6.07) is 1.54. The highest BCUT2D eigenvalue weighted by Crippen LogP contribution is 2.37. The van der Waals surface area contributed by atoms with Crippen LogP contribution in [-0.2, 0) is 14.2 Å². The standard InChI is InChI=1S/C19H27ClO6/c1-6-9-13(4)26-19(21)17-14(5)18(20)16(25-12-23-8-3)10-15(17)24-11-22-7-2/h6,10,13H,1,7-9,11-12H2,2-5H3/t13-/m1/s1. The van der Waals surface area contributed by atoms with E-state index in [9.17, 15) is 4.79 Å². The lowest BCUT2D eigenvalue weighted by Crippen LogP contribution is -2.17. The van der Waals surface area contributed by atoms with Crippen LogP contribution in [0.1, 0.15) is 43.1 Å². The second-order valence-corrected chi connectivity index (χ2v) is 5.82. The van der Waals surface area contributed by atoms with Crippen molar-refractivity contribution in [2.24, 2.45) is 0 Å². The summed E-state index contributed by atoms with van der Waals surface area (Å²) < 4.78 is 27.0. The molecule has 0 radical (unpaired) electrons. The van der Waals surface area contributed by atoms with E-state index < -0.39 is 5.97 Å². The van der Waals surface area contributed by atoms with Crippen LogP contribution in [-0.4, -0.2) is 38.9 Å². The number of ether oxygens (including phenoxy) is 5. The average molecular weight is 387 g/mol. The second kappa shape index (κ2) is 11.8. The van der Waals surface area contributed by atoms with Gasteiger partial charge in [-0.25, -0.2) is 4.79 Å². The number of carbonyl (C=O) groups excluding carboxylic acids is 1. The Kier molecular flexibility index (Phi) is 10.1. The van der Waals surface area contributed by atoms with E-state index in [0.717, 1.165) is 0 Å². The van der Waals surface area contributed by atoms with Crippen molar-refractivity contribution < 1.29 is 28.5 Å². The SMILES string of the molecule is C=CC[C@@H](C)OC(=O)c1c(OCOCC)cc(OCOCC)c(Cl)c1C. The maximum Gasteiger partial charge on any atom is 0.342 e. The van der Waals surface area contributed by atoms with Crippen molar-refractivity contribution in [1.82, 2.24) is 0 Å². The Morgan fingerprint density at radius 2 is 1.77 bits per heavy atom. The monoisotopic (exact) mass is 386 g/mol. The van der Waals surface area contributed by atoms with Gasteiger partial charge in [0.2, 0.25) is 0 Å². The minimum atomic E-state index is -0.526. The third-order valence-corrected chi connectivity index (χ3v) is 3.91. The molecular formula is C19H27ClO6. The summed E-state index contributed by atoms with van der Waals surface area (Å²) in [7, 11) is 0. The van der Waals surface area contributed by atoms with Crippen LogP contribution in [0.25, 0.3) is 0 Å². The number of benzene rings is 1. The van der Waals surface area contributed by atoms with Crippen molar-refractivity contribution in [2.75, 3.05) is 26.8 Å². The lowest BCUT2D eigenvalue weighted by Gasteiger charge is -2.19. The van der Waals surface area contributed by atoms with Gasteiger partial charge in [-0.15, -0.1) is 6.58 Å². The lowest BCUT2D eigenvalue weighted by atomic mass is 10.1. The second-order valence-electron chi connectivity index (χ2n) is 5.44. The molecule has 0 aromatic heterocycles. The Hall–Kier alpha value is -1.76. The van der Waals surface area contributed by atoms with E-state index in [1.165, 1.54) is 0 Å². The van der Waals surface area contributed by atoms with Crippen LogP contribution < -0.4 is 9.47 Å². The van der Waals surface area contributed by atoms with Gasteiger partial charge in [0.25, 0.3) is 0 Å². The predicted octanol–water partition coefficient (Wildman–Crippen LogP) is 4.52. The van der Waals surface area contributed by atoms with Crippen LogP contribution in [0.2, 0.25) is 5.02 Å². The molecule has 0 aliphatic heterocycles. The van der Waals surface area contributed by atoms with Crippen LogP contribution in [0.15, 0.2) is 18.7 Å². The molecule has 0 amide bonds. The van der Waals surface area contributed by atoms with Gasteiger partial charge in [0.1, 0.15) is 23.2 Å². The van der Waals surface area contributed by atoms with Gasteiger partial charge in [-0.2, -0.15) is 0 Å². The molecule has 1 atom stereocenters. The summed E-state index contributed by atoms with van der Waals surface area (Å²) in [4.78, 5) is 12.6. The Bertz CT molecular complexity index is 602. The van der Waals surface area contributed by atoms with Gasteiger partial charge in [-0.05, 0) is 33.3 Å². The Balaban J connectivity index is 3.16. The van der Waals surface area contributed by atoms with E-state index in [-0.39, 0.29) is 31.0 Å². The molecule has 0 N–H and O–H groups in total. The van der Waals surface area contributed by atoms with Crippen molar-refractivity contribution in [3.8, 4) is 11.5 Å². The number of halogens is 1. The molecule has 0 fully saturated rings. The molecular weight excluding hydrogens is 360 g/mol. The summed E-state index contributed by atoms with van der Waals surface area (Å²) in [5.41, 5.74) is 0.748. The molecule has 26 heavy (non-hydrogen) atoms. The van der Waals surface area contributed by atoms with Gasteiger partial charge in [-0.3, -0.25) is 0 Å². The highest BCUT2D eigenvalue weighted by molar-refractivity contribution is 6.33. The van der Waals surface area contributed by atoms with Crippen molar-refractivity contribution >= 4 is 17.6 Å². The van der Waals surface area contributed by atoms with E-state index in [4.69, 9.17) is 35.3 Å². The van der Waals surface area contributed by atoms with Crippen LogP contribution in [0.5, 0.6) is 11.5 Å². The molecule has 0 saturated carbocycles. The van der Waals surface area contributed by atoms with Crippen LogP contribution in [0.4, 0.5) is 0 Å². The van der Waals surface area contributed by atoms with E-state index >= 15 is 0 Å². The maximum absolute atomic E-state index is 12.6. The third kappa shape index (κ3) is 6.52. The fourth-order valence-corrected chi connectivity index (χ4v) is 2.31. The number of hydrogen-bond donors (Lipinski definition) is 0. The van der Waals surface area contributed by atoms with Gasteiger partial charge >= 0.3 is 5.97 Å². The molecule has 146 valence electrons. The molecule has 1 aromatic carbocycles. The molecule has 1 rings (SSSR count). The zero-order chi connectivity index (χ0) is 19.5. The smallest absolute Gasteiger partial charge is 0.342 e. The van der Waals surface area contributed by atoms with Crippen molar-refractivity contribution in [2.45, 2.75) is 40.2 Å². The van der Waals surface area contributed by atoms with Gasteiger partial charge in [-0.1, -0.05) is 17.7 Å². The Morgan fingerprint density at radius 3 is 2.31 bits per heavy atom. The molecule has 0 aliphatic carbocycles. The number of carbonyl (C=O) groups is 1. The quantitative estimate of drug-likeness (QED) is 0.228. The molecule has 1 aromatic rings. The molecule has 0 unspecified atom stereocenters. The summed E-state index contributed by atoms with van der Waals surface area (Å²) >= 11 is 6.36. The first-order chi connectivity index (χ1) is 12.5. The fraction of sp³-hybridized carbons (Fsp3) is 0.526. The normalized spacial score (nSPS) is 11.7. The maximum atomic E-state index is 12.6. The molecule has 6 nitrogen and oxygen atoms in total. The zero-order valence-electron chi connectivity index (χ0n) is 15.8. The van der Waals surface area contributed by atoms with Gasteiger partial charge < -0.3 is 23.7 Å². The van der Waals surface area contributed by atoms with Crippen molar-refractivity contribution in [3.63, 3.8) is 0 Å². The first kappa shape index (κ1) is 22.3. The molecule has 0 bridgehead atoms. The van der Waals surface area contributed by atoms with Crippen molar-refractivity contribution in [1.29, 1.82) is 0 Å².